The Bertz CT molecular complexity index is 432. The summed E-state index contributed by atoms with van der Waals surface area (Å²) < 4.78 is 6.67. The Balaban J connectivity index is 1.94. The molecule has 0 saturated heterocycles. The van der Waals surface area contributed by atoms with Gasteiger partial charge in [-0.3, -0.25) is 4.79 Å². The van der Waals surface area contributed by atoms with Crippen LogP contribution in [0.4, 0.5) is 5.82 Å². The Morgan fingerprint density at radius 2 is 2.39 bits per heavy atom. The van der Waals surface area contributed by atoms with Gasteiger partial charge < -0.3 is 15.8 Å². The van der Waals surface area contributed by atoms with Crippen molar-refractivity contribution in [2.75, 3.05) is 19.0 Å². The van der Waals surface area contributed by atoms with Gasteiger partial charge in [0.2, 0.25) is 11.8 Å². The lowest BCUT2D eigenvalue weighted by atomic mass is 9.66. The molecule has 0 aliphatic heterocycles. The van der Waals surface area contributed by atoms with Crippen molar-refractivity contribution < 1.29 is 9.53 Å². The first-order valence-electron chi connectivity index (χ1n) is 6.16. The van der Waals surface area contributed by atoms with E-state index in [1.54, 1.807) is 24.9 Å². The summed E-state index contributed by atoms with van der Waals surface area (Å²) in [7, 11) is 3.34. The molecule has 1 saturated carbocycles. The van der Waals surface area contributed by atoms with Crippen LogP contribution in [0.25, 0.3) is 0 Å². The van der Waals surface area contributed by atoms with E-state index in [1.807, 2.05) is 0 Å². The molecule has 1 aromatic heterocycles. The molecule has 1 aliphatic carbocycles. The van der Waals surface area contributed by atoms with E-state index in [4.69, 9.17) is 10.5 Å². The zero-order chi connectivity index (χ0) is 13.2. The first-order valence-corrected chi connectivity index (χ1v) is 6.16. The van der Waals surface area contributed by atoms with Crippen molar-refractivity contribution in [3.05, 3.63) is 6.07 Å². The molecule has 1 aromatic rings. The molecule has 0 radical (unpaired) electrons. The second kappa shape index (κ2) is 4.97. The van der Waals surface area contributed by atoms with Gasteiger partial charge in [-0.25, -0.2) is 4.68 Å². The van der Waals surface area contributed by atoms with Crippen molar-refractivity contribution in [1.82, 2.24) is 9.78 Å². The maximum Gasteiger partial charge on any atom is 0.226 e. The van der Waals surface area contributed by atoms with E-state index in [0.717, 1.165) is 12.8 Å². The first-order chi connectivity index (χ1) is 8.58. The van der Waals surface area contributed by atoms with Crippen molar-refractivity contribution in [1.29, 1.82) is 0 Å². The molecule has 2 rings (SSSR count). The second-order valence-electron chi connectivity index (χ2n) is 4.98. The fourth-order valence-corrected chi connectivity index (χ4v) is 2.36. The predicted octanol–water partition coefficient (Wildman–Crippen LogP) is 0.886. The first kappa shape index (κ1) is 12.9. The number of methoxy groups -OCH3 is 1. The van der Waals surface area contributed by atoms with E-state index >= 15 is 0 Å². The van der Waals surface area contributed by atoms with Crippen LogP contribution in [0.1, 0.15) is 25.7 Å². The van der Waals surface area contributed by atoms with E-state index in [2.05, 4.69) is 10.4 Å². The number of anilines is 1. The lowest BCUT2D eigenvalue weighted by Crippen LogP contribution is -2.40. The van der Waals surface area contributed by atoms with Gasteiger partial charge in [0.25, 0.3) is 0 Å². The van der Waals surface area contributed by atoms with Crippen LogP contribution in [-0.4, -0.2) is 29.3 Å². The number of nitrogens with zero attached hydrogens (tertiary/aromatic N) is 2. The van der Waals surface area contributed by atoms with Crippen molar-refractivity contribution in [3.8, 4) is 5.88 Å². The number of hydrogen-bond donors (Lipinski definition) is 2. The van der Waals surface area contributed by atoms with E-state index in [-0.39, 0.29) is 11.3 Å². The van der Waals surface area contributed by atoms with E-state index in [1.165, 1.54) is 6.42 Å². The number of carbonyl (C=O) groups is 1. The lowest BCUT2D eigenvalue weighted by Gasteiger charge is -2.40. The number of carbonyl (C=O) groups excluding carboxylic acids is 1. The molecule has 1 heterocycles. The highest BCUT2D eigenvalue weighted by atomic mass is 16.5. The van der Waals surface area contributed by atoms with E-state index < -0.39 is 0 Å². The maximum atomic E-state index is 11.9. The highest BCUT2D eigenvalue weighted by Gasteiger charge is 2.37. The summed E-state index contributed by atoms with van der Waals surface area (Å²) in [5.74, 6) is 1.11. The van der Waals surface area contributed by atoms with Crippen LogP contribution in [0.3, 0.4) is 0 Å². The van der Waals surface area contributed by atoms with Crippen LogP contribution in [0.2, 0.25) is 0 Å². The molecule has 0 bridgehead atoms. The quantitative estimate of drug-likeness (QED) is 0.815. The normalized spacial score (nSPS) is 17.1. The van der Waals surface area contributed by atoms with Gasteiger partial charge in [-0.2, -0.15) is 5.10 Å². The highest BCUT2D eigenvalue weighted by Crippen LogP contribution is 2.43. The molecule has 1 fully saturated rings. The highest BCUT2D eigenvalue weighted by molar-refractivity contribution is 5.90. The Morgan fingerprint density at radius 1 is 1.67 bits per heavy atom. The second-order valence-corrected chi connectivity index (χ2v) is 4.98. The monoisotopic (exact) mass is 252 g/mol. The van der Waals surface area contributed by atoms with E-state index in [0.29, 0.717) is 24.7 Å². The number of hydrogen-bond acceptors (Lipinski definition) is 4. The molecule has 1 amide bonds. The molecule has 3 N–H and O–H groups in total. The van der Waals surface area contributed by atoms with Crippen LogP contribution >= 0.6 is 0 Å². The number of aromatic nitrogens is 2. The van der Waals surface area contributed by atoms with Crippen LogP contribution in [0, 0.1) is 5.41 Å². The van der Waals surface area contributed by atoms with Crippen molar-refractivity contribution in [2.45, 2.75) is 25.7 Å². The third kappa shape index (κ3) is 2.48. The van der Waals surface area contributed by atoms with Gasteiger partial charge in [0.05, 0.1) is 7.11 Å². The fraction of sp³-hybridized carbons (Fsp3) is 0.667. The van der Waals surface area contributed by atoms with Crippen LogP contribution in [0.5, 0.6) is 5.88 Å². The van der Waals surface area contributed by atoms with Crippen molar-refractivity contribution in [3.63, 3.8) is 0 Å². The van der Waals surface area contributed by atoms with Crippen LogP contribution < -0.4 is 15.8 Å². The Hall–Kier alpha value is -1.56. The number of aryl methyl sites for hydroxylation is 1. The molecule has 1 aliphatic rings. The average Bonchev–Trinajstić information content (AvgIpc) is 2.64. The molecule has 0 aromatic carbocycles. The molecule has 6 nitrogen and oxygen atoms in total. The summed E-state index contributed by atoms with van der Waals surface area (Å²) in [6.07, 6.45) is 3.73. The predicted molar refractivity (Wildman–Crippen MR) is 68.3 cm³/mol. The smallest absolute Gasteiger partial charge is 0.226 e. The Kier molecular flexibility index (Phi) is 3.56. The third-order valence-electron chi connectivity index (χ3n) is 3.70. The number of rotatable bonds is 5. The number of amides is 1. The summed E-state index contributed by atoms with van der Waals surface area (Å²) in [6, 6.07) is 1.70. The summed E-state index contributed by atoms with van der Waals surface area (Å²) in [6.45, 7) is 0.575. The van der Waals surface area contributed by atoms with Gasteiger partial charge in [0, 0.05) is 19.5 Å². The minimum absolute atomic E-state index is 0.0168. The maximum absolute atomic E-state index is 11.9. The molecule has 0 atom stereocenters. The largest absolute Gasteiger partial charge is 0.481 e. The molecular weight excluding hydrogens is 232 g/mol. The Morgan fingerprint density at radius 3 is 2.83 bits per heavy atom. The zero-order valence-electron chi connectivity index (χ0n) is 10.9. The van der Waals surface area contributed by atoms with Crippen LogP contribution in [-0.2, 0) is 11.8 Å². The SMILES string of the molecule is COc1cc(NC(=O)CC2(CN)CCC2)nn1C. The molecule has 18 heavy (non-hydrogen) atoms. The minimum Gasteiger partial charge on any atom is -0.481 e. The van der Waals surface area contributed by atoms with E-state index in [9.17, 15) is 4.79 Å². The van der Waals surface area contributed by atoms with Crippen molar-refractivity contribution in [2.24, 2.45) is 18.2 Å². The summed E-state index contributed by atoms with van der Waals surface area (Å²) in [5.41, 5.74) is 5.76. The van der Waals surface area contributed by atoms with Crippen molar-refractivity contribution >= 4 is 11.7 Å². The molecular formula is C12H20N4O2. The third-order valence-corrected chi connectivity index (χ3v) is 3.70. The minimum atomic E-state index is -0.0269. The molecule has 0 spiro atoms. The van der Waals surface area contributed by atoms with Gasteiger partial charge in [0.15, 0.2) is 5.82 Å². The Labute approximate surface area is 106 Å². The number of ether oxygens (including phenoxy) is 1. The molecule has 6 heteroatoms. The number of nitrogens with one attached hydrogen (secondary N) is 1. The van der Waals surface area contributed by atoms with Gasteiger partial charge in [0.1, 0.15) is 0 Å². The van der Waals surface area contributed by atoms with Gasteiger partial charge in [-0.05, 0) is 24.8 Å². The average molecular weight is 252 g/mol. The standard InChI is InChI=1S/C12H20N4O2/c1-16-11(18-2)6-9(15-16)14-10(17)7-12(8-13)4-3-5-12/h6H,3-5,7-8,13H2,1-2H3,(H,14,15,17). The lowest BCUT2D eigenvalue weighted by molar-refractivity contribution is -0.119. The summed E-state index contributed by atoms with van der Waals surface area (Å²) >= 11 is 0. The molecule has 100 valence electrons. The fourth-order valence-electron chi connectivity index (χ4n) is 2.36. The molecule has 0 unspecified atom stereocenters. The summed E-state index contributed by atoms with van der Waals surface area (Å²) in [4.78, 5) is 11.9. The van der Waals surface area contributed by atoms with Gasteiger partial charge in [-0.15, -0.1) is 0 Å². The number of nitrogens with two attached hydrogens (primary N) is 1. The van der Waals surface area contributed by atoms with Gasteiger partial charge >= 0.3 is 0 Å². The summed E-state index contributed by atoms with van der Waals surface area (Å²) in [5, 5.41) is 6.94. The van der Waals surface area contributed by atoms with Gasteiger partial charge in [-0.1, -0.05) is 6.42 Å². The van der Waals surface area contributed by atoms with Crippen LogP contribution in [0.15, 0.2) is 6.07 Å². The topological polar surface area (TPSA) is 82.2 Å². The zero-order valence-corrected chi connectivity index (χ0v) is 10.9.